The number of aliphatic hydroxyl groups excluding tert-OH is 1. The molecule has 12 nitrogen and oxygen atoms in total. The van der Waals surface area contributed by atoms with Gasteiger partial charge in [-0.1, -0.05) is 19.4 Å². The highest BCUT2D eigenvalue weighted by molar-refractivity contribution is 5.95. The monoisotopic (exact) mass is 622 g/mol. The number of amides is 2. The van der Waals surface area contributed by atoms with Gasteiger partial charge in [-0.05, 0) is 61.4 Å². The number of hydrogen-bond donors (Lipinski definition) is 4. The Morgan fingerprint density at radius 3 is 2.73 bits per heavy atom. The van der Waals surface area contributed by atoms with Gasteiger partial charge in [0.25, 0.3) is 0 Å². The third kappa shape index (κ3) is 8.03. The number of carbonyl (C=O) groups excluding carboxylic acids is 2. The normalized spacial score (nSPS) is 21.5. The van der Waals surface area contributed by atoms with Crippen LogP contribution in [0, 0.1) is 6.92 Å². The molecule has 12 heteroatoms. The van der Waals surface area contributed by atoms with Crippen LogP contribution in [0.1, 0.15) is 68.3 Å². The molecular weight excluding hydrogens is 572 g/mol. The van der Waals surface area contributed by atoms with Gasteiger partial charge >= 0.3 is 0 Å². The van der Waals surface area contributed by atoms with Gasteiger partial charge in [0.15, 0.2) is 0 Å². The number of ether oxygens (including phenoxy) is 1. The molecule has 2 aromatic rings. The number of aryl methyl sites for hydroxylation is 1. The van der Waals surface area contributed by atoms with Crippen molar-refractivity contribution >= 4 is 17.6 Å². The van der Waals surface area contributed by atoms with Crippen molar-refractivity contribution in [1.82, 2.24) is 35.5 Å². The molecule has 3 aliphatic rings. The lowest BCUT2D eigenvalue weighted by Crippen LogP contribution is -2.62. The average molecular weight is 623 g/mol. The molecule has 0 radical (unpaired) electrons. The van der Waals surface area contributed by atoms with Crippen molar-refractivity contribution in [3.05, 3.63) is 46.8 Å². The Balaban J connectivity index is 1.10. The molecular formula is C33H50N8O4. The Hall–Kier alpha value is -3.48. The van der Waals surface area contributed by atoms with Crippen LogP contribution in [0.3, 0.4) is 0 Å². The molecule has 2 atom stereocenters. The van der Waals surface area contributed by atoms with Crippen molar-refractivity contribution in [1.29, 1.82) is 0 Å². The van der Waals surface area contributed by atoms with Gasteiger partial charge in [-0.25, -0.2) is 0 Å². The zero-order valence-corrected chi connectivity index (χ0v) is 27.3. The number of aliphatic imine (C=N–C) groups is 1. The number of likely N-dealkylation sites (tertiary alicyclic amines) is 1. The van der Waals surface area contributed by atoms with E-state index >= 15 is 0 Å². The standard InChI is InChI=1S/C33H50N8O4/c1-5-12-33(17-31(35-22-36-33)38-26-9-15-41(16-10-26)24(3)42)32(44)34-18-28(43)20-40-14-11-29-23(2)30(7-6-25(29)19-40)45-21-27-8-13-37-39(27)4/h6-8,13,26,28,36,43H,5,9-12,14-22H2,1-4H3,(H,34,44)(H,35,38)/t28-,33?/m0/s1. The van der Waals surface area contributed by atoms with Gasteiger partial charge in [-0.15, -0.1) is 0 Å². The minimum atomic E-state index is -0.767. The van der Waals surface area contributed by atoms with Crippen LogP contribution < -0.4 is 20.7 Å². The zero-order chi connectivity index (χ0) is 32.0. The second-order valence-corrected chi connectivity index (χ2v) is 12.8. The molecule has 0 aliphatic carbocycles. The highest BCUT2D eigenvalue weighted by Crippen LogP contribution is 2.30. The van der Waals surface area contributed by atoms with E-state index in [0.29, 0.717) is 32.7 Å². The number of rotatable bonds is 11. The Morgan fingerprint density at radius 1 is 1.22 bits per heavy atom. The van der Waals surface area contributed by atoms with Gasteiger partial charge < -0.3 is 25.4 Å². The van der Waals surface area contributed by atoms with Crippen LogP contribution in [0.4, 0.5) is 0 Å². The number of benzene rings is 1. The number of aromatic nitrogens is 2. The number of β-amino-alcohol motifs (C(OH)–C–C–N with tert-alkyl or cyclic N) is 1. The third-order valence-electron chi connectivity index (χ3n) is 9.56. The molecule has 1 unspecified atom stereocenters. The van der Waals surface area contributed by atoms with Gasteiger partial charge in [0, 0.05) is 71.9 Å². The summed E-state index contributed by atoms with van der Waals surface area (Å²) in [7, 11) is 1.91. The minimum absolute atomic E-state index is 0.0951. The second kappa shape index (κ2) is 14.7. The first-order valence-electron chi connectivity index (χ1n) is 16.4. The largest absolute Gasteiger partial charge is 0.487 e. The number of nitrogens with zero attached hydrogens (tertiary/aromatic N) is 5. The third-order valence-corrected chi connectivity index (χ3v) is 9.56. The van der Waals surface area contributed by atoms with E-state index in [-0.39, 0.29) is 24.4 Å². The minimum Gasteiger partial charge on any atom is -0.487 e. The molecule has 4 heterocycles. The van der Waals surface area contributed by atoms with Crippen LogP contribution in [0.5, 0.6) is 5.75 Å². The quantitative estimate of drug-likeness (QED) is 0.297. The number of nitrogens with one attached hydrogen (secondary N) is 3. The molecule has 0 saturated carbocycles. The van der Waals surface area contributed by atoms with E-state index in [4.69, 9.17) is 4.74 Å². The highest BCUT2D eigenvalue weighted by Gasteiger charge is 2.41. The van der Waals surface area contributed by atoms with E-state index in [1.165, 1.54) is 16.7 Å². The summed E-state index contributed by atoms with van der Waals surface area (Å²) in [6, 6.07) is 6.37. The Labute approximate surface area is 266 Å². The fourth-order valence-electron chi connectivity index (χ4n) is 6.87. The summed E-state index contributed by atoms with van der Waals surface area (Å²) in [5, 5.41) is 25.1. The number of aliphatic hydroxyl groups is 1. The number of carbonyl (C=O) groups is 2. The Bertz CT molecular complexity index is 1370. The molecule has 0 bridgehead atoms. The van der Waals surface area contributed by atoms with Crippen molar-refractivity contribution in [2.75, 3.05) is 39.4 Å². The summed E-state index contributed by atoms with van der Waals surface area (Å²) >= 11 is 0. The fraction of sp³-hybridized carbons (Fsp3) is 0.636. The zero-order valence-electron chi connectivity index (χ0n) is 27.3. The summed E-state index contributed by atoms with van der Waals surface area (Å²) < 4.78 is 7.94. The lowest BCUT2D eigenvalue weighted by Gasteiger charge is -2.39. The van der Waals surface area contributed by atoms with Crippen molar-refractivity contribution in [3.8, 4) is 5.75 Å². The Morgan fingerprint density at radius 2 is 2.02 bits per heavy atom. The van der Waals surface area contributed by atoms with Gasteiger partial charge in [0.2, 0.25) is 11.8 Å². The van der Waals surface area contributed by atoms with Crippen LogP contribution in [0.2, 0.25) is 0 Å². The van der Waals surface area contributed by atoms with Gasteiger partial charge in [-0.2, -0.15) is 5.10 Å². The molecule has 2 amide bonds. The smallest absolute Gasteiger partial charge is 0.240 e. The molecule has 1 aromatic heterocycles. The van der Waals surface area contributed by atoms with Crippen LogP contribution in [0.25, 0.3) is 0 Å². The summed E-state index contributed by atoms with van der Waals surface area (Å²) in [4.78, 5) is 34.0. The maximum Gasteiger partial charge on any atom is 0.240 e. The summed E-state index contributed by atoms with van der Waals surface area (Å²) in [6.45, 7) is 10.4. The summed E-state index contributed by atoms with van der Waals surface area (Å²) in [5.74, 6) is 1.75. The molecule has 0 spiro atoms. The van der Waals surface area contributed by atoms with E-state index in [0.717, 1.165) is 69.1 Å². The first-order valence-corrected chi connectivity index (χ1v) is 16.4. The molecule has 4 N–H and O–H groups in total. The average Bonchev–Trinajstić information content (AvgIpc) is 3.44. The maximum atomic E-state index is 13.6. The van der Waals surface area contributed by atoms with Crippen molar-refractivity contribution in [2.45, 2.75) is 90.1 Å². The number of piperidine rings is 1. The van der Waals surface area contributed by atoms with Crippen LogP contribution in [-0.2, 0) is 36.2 Å². The molecule has 3 aliphatic heterocycles. The van der Waals surface area contributed by atoms with Crippen LogP contribution >= 0.6 is 0 Å². The van der Waals surface area contributed by atoms with Crippen molar-refractivity contribution in [3.63, 3.8) is 0 Å². The highest BCUT2D eigenvalue weighted by atomic mass is 16.5. The molecule has 1 saturated heterocycles. The summed E-state index contributed by atoms with van der Waals surface area (Å²) in [5.41, 5.74) is 3.99. The number of fused-ring (bicyclic) bond motifs is 1. The number of amidine groups is 1. The van der Waals surface area contributed by atoms with Crippen molar-refractivity contribution < 1.29 is 19.4 Å². The molecule has 246 valence electrons. The topological polar surface area (TPSA) is 136 Å². The molecule has 1 aromatic carbocycles. The molecule has 1 fully saturated rings. The molecule has 45 heavy (non-hydrogen) atoms. The van der Waals surface area contributed by atoms with Gasteiger partial charge in [0.05, 0.1) is 18.5 Å². The first-order chi connectivity index (χ1) is 21.7. The lowest BCUT2D eigenvalue weighted by atomic mass is 9.86. The number of hydrogen-bond acceptors (Lipinski definition) is 9. The predicted octanol–water partition coefficient (Wildman–Crippen LogP) is 1.63. The van der Waals surface area contributed by atoms with E-state index in [2.05, 4.69) is 50.9 Å². The summed E-state index contributed by atoms with van der Waals surface area (Å²) in [6.07, 6.45) is 5.71. The second-order valence-electron chi connectivity index (χ2n) is 12.8. The maximum absolute atomic E-state index is 13.6. The van der Waals surface area contributed by atoms with Gasteiger partial charge in [-0.3, -0.25) is 29.5 Å². The molecule has 5 rings (SSSR count). The van der Waals surface area contributed by atoms with E-state index < -0.39 is 11.6 Å². The van der Waals surface area contributed by atoms with E-state index in [9.17, 15) is 14.7 Å². The Kier molecular flexibility index (Phi) is 10.8. The van der Waals surface area contributed by atoms with E-state index in [1.54, 1.807) is 13.1 Å². The predicted molar refractivity (Wildman–Crippen MR) is 173 cm³/mol. The van der Waals surface area contributed by atoms with Gasteiger partial charge in [0.1, 0.15) is 23.7 Å². The van der Waals surface area contributed by atoms with E-state index in [1.807, 2.05) is 28.8 Å². The first kappa shape index (κ1) is 32.9. The van der Waals surface area contributed by atoms with Crippen molar-refractivity contribution in [2.24, 2.45) is 12.0 Å². The van der Waals surface area contributed by atoms with Crippen LogP contribution in [0.15, 0.2) is 29.4 Å². The van der Waals surface area contributed by atoms with Crippen LogP contribution in [-0.4, -0.2) is 99.4 Å². The lowest BCUT2D eigenvalue weighted by molar-refractivity contribution is -0.130. The SMILES string of the molecule is CCCC1(C(=O)NC[C@H](O)CN2CCc3c(ccc(OCc4ccnn4C)c3C)C2)CC(NC2CCN(C(C)=O)CC2)=NCN1. The fourth-order valence-corrected chi connectivity index (χ4v) is 6.87.